The number of halogens is 1. The van der Waals surface area contributed by atoms with Crippen LogP contribution in [0.2, 0.25) is 5.02 Å². The van der Waals surface area contributed by atoms with E-state index in [4.69, 9.17) is 16.3 Å². The molecule has 232 valence electrons. The lowest BCUT2D eigenvalue weighted by Crippen LogP contribution is -2.54. The number of anilines is 6. The predicted octanol–water partition coefficient (Wildman–Crippen LogP) is 5.77. The van der Waals surface area contributed by atoms with E-state index in [1.54, 1.807) is 36.3 Å². The molecule has 2 aromatic carbocycles. The Kier molecular flexibility index (Phi) is 9.45. The zero-order valence-electron chi connectivity index (χ0n) is 25.1. The number of hydrogen-bond acceptors (Lipinski definition) is 9. The van der Waals surface area contributed by atoms with Crippen LogP contribution in [0.3, 0.4) is 0 Å². The summed E-state index contributed by atoms with van der Waals surface area (Å²) in [7, 11) is -0.443. The number of benzene rings is 2. The topological polar surface area (TPSA) is 140 Å². The molecule has 0 saturated carbocycles. The van der Waals surface area contributed by atoms with Gasteiger partial charge < -0.3 is 30.3 Å². The van der Waals surface area contributed by atoms with Crippen molar-refractivity contribution in [2.45, 2.75) is 45.2 Å². The molecule has 4 rings (SSSR count). The molecule has 1 aliphatic rings. The highest BCUT2D eigenvalue weighted by molar-refractivity contribution is 7.92. The number of methoxy groups -OCH3 is 1. The van der Waals surface area contributed by atoms with Crippen molar-refractivity contribution in [1.82, 2.24) is 14.9 Å². The van der Waals surface area contributed by atoms with Gasteiger partial charge in [-0.2, -0.15) is 4.98 Å². The monoisotopic (exact) mass is 631 g/mol. The van der Waals surface area contributed by atoms with Gasteiger partial charge in [-0.3, -0.25) is 4.31 Å². The largest absolute Gasteiger partial charge is 0.494 e. The molecule has 1 aliphatic heterocycles. The predicted molar refractivity (Wildman–Crippen MR) is 171 cm³/mol. The Morgan fingerprint density at radius 1 is 1.12 bits per heavy atom. The standard InChI is InChI=1S/C29H38ClN7O5S/c1-29(2,3)37(28(38)39)19-13-15-36(16-14-19)20-11-12-23(25(17-20)42-5)33-27-31-18-21(30)26(34-27)32-22-9-7-8-10-24(22)35(4)43(6,40)41/h7-12,17-19H,13-16H2,1-6H3,(H,38,39)(H2,31,32,33,34). The van der Waals surface area contributed by atoms with E-state index < -0.39 is 21.7 Å². The van der Waals surface area contributed by atoms with Crippen LogP contribution in [0, 0.1) is 0 Å². The number of piperidine rings is 1. The van der Waals surface area contributed by atoms with Gasteiger partial charge in [0.15, 0.2) is 5.82 Å². The van der Waals surface area contributed by atoms with Crippen molar-refractivity contribution in [3.63, 3.8) is 0 Å². The van der Waals surface area contributed by atoms with Gasteiger partial charge in [-0.25, -0.2) is 18.2 Å². The van der Waals surface area contributed by atoms with Crippen LogP contribution in [0.15, 0.2) is 48.7 Å². The summed E-state index contributed by atoms with van der Waals surface area (Å²) in [6.45, 7) is 7.19. The summed E-state index contributed by atoms with van der Waals surface area (Å²) in [5, 5.41) is 16.3. The SMILES string of the molecule is COc1cc(N2CCC(N(C(=O)O)C(C)(C)C)CC2)ccc1Nc1ncc(Cl)c(Nc2ccccc2N(C)S(C)(=O)=O)n1. The third kappa shape index (κ3) is 7.52. The van der Waals surface area contributed by atoms with E-state index in [2.05, 4.69) is 25.5 Å². The lowest BCUT2D eigenvalue weighted by Gasteiger charge is -2.44. The van der Waals surface area contributed by atoms with Gasteiger partial charge in [-0.15, -0.1) is 0 Å². The Hall–Kier alpha value is -3.97. The number of rotatable bonds is 9. The molecule has 12 nitrogen and oxygen atoms in total. The number of sulfonamides is 1. The average molecular weight is 632 g/mol. The fraction of sp³-hybridized carbons (Fsp3) is 0.414. The number of amides is 1. The summed E-state index contributed by atoms with van der Waals surface area (Å²) in [5.74, 6) is 1.12. The number of hydrogen-bond donors (Lipinski definition) is 3. The molecule has 14 heteroatoms. The molecule has 1 saturated heterocycles. The molecular weight excluding hydrogens is 594 g/mol. The van der Waals surface area contributed by atoms with Crippen molar-refractivity contribution < 1.29 is 23.1 Å². The molecule has 1 fully saturated rings. The molecule has 0 aliphatic carbocycles. The number of ether oxygens (including phenoxy) is 1. The van der Waals surface area contributed by atoms with Crippen LogP contribution in [-0.2, 0) is 10.0 Å². The summed E-state index contributed by atoms with van der Waals surface area (Å²) >= 11 is 6.40. The molecule has 0 atom stereocenters. The minimum atomic E-state index is -3.49. The zero-order chi connectivity index (χ0) is 31.5. The Morgan fingerprint density at radius 2 is 1.79 bits per heavy atom. The highest BCUT2D eigenvalue weighted by atomic mass is 35.5. The quantitative estimate of drug-likeness (QED) is 0.267. The molecule has 0 unspecified atom stereocenters. The van der Waals surface area contributed by atoms with Crippen molar-refractivity contribution in [1.29, 1.82) is 0 Å². The molecule has 1 aromatic heterocycles. The lowest BCUT2D eigenvalue weighted by molar-refractivity contribution is 0.0616. The summed E-state index contributed by atoms with van der Waals surface area (Å²) in [5.41, 5.74) is 2.07. The Labute approximate surface area is 257 Å². The molecule has 0 radical (unpaired) electrons. The number of nitrogens with one attached hydrogen (secondary N) is 2. The first-order valence-corrected chi connectivity index (χ1v) is 16.0. The van der Waals surface area contributed by atoms with Crippen LogP contribution >= 0.6 is 11.6 Å². The van der Waals surface area contributed by atoms with Crippen LogP contribution in [0.5, 0.6) is 5.75 Å². The molecule has 0 bridgehead atoms. The number of nitrogens with zero attached hydrogens (tertiary/aromatic N) is 5. The Balaban J connectivity index is 1.50. The van der Waals surface area contributed by atoms with E-state index in [9.17, 15) is 18.3 Å². The maximum absolute atomic E-state index is 12.1. The first-order valence-electron chi connectivity index (χ1n) is 13.7. The molecule has 3 aromatic rings. The minimum absolute atomic E-state index is 0.0415. The van der Waals surface area contributed by atoms with Crippen LogP contribution < -0.4 is 24.6 Å². The van der Waals surface area contributed by atoms with Gasteiger partial charge in [0, 0.05) is 43.5 Å². The van der Waals surface area contributed by atoms with Crippen molar-refractivity contribution in [3.8, 4) is 5.75 Å². The van der Waals surface area contributed by atoms with Gasteiger partial charge in [0.1, 0.15) is 10.8 Å². The van der Waals surface area contributed by atoms with Crippen molar-refractivity contribution in [2.24, 2.45) is 0 Å². The van der Waals surface area contributed by atoms with E-state index in [0.717, 1.165) is 24.8 Å². The van der Waals surface area contributed by atoms with E-state index >= 15 is 0 Å². The number of para-hydroxylation sites is 2. The van der Waals surface area contributed by atoms with E-state index in [-0.39, 0.29) is 22.8 Å². The lowest BCUT2D eigenvalue weighted by atomic mass is 9.96. The van der Waals surface area contributed by atoms with Crippen LogP contribution in [-0.4, -0.2) is 79.6 Å². The third-order valence-electron chi connectivity index (χ3n) is 7.29. The first-order chi connectivity index (χ1) is 20.2. The molecule has 43 heavy (non-hydrogen) atoms. The highest BCUT2D eigenvalue weighted by Crippen LogP contribution is 2.35. The van der Waals surface area contributed by atoms with Crippen molar-refractivity contribution in [3.05, 3.63) is 53.7 Å². The fourth-order valence-corrected chi connectivity index (χ4v) is 5.80. The van der Waals surface area contributed by atoms with Crippen LogP contribution in [0.1, 0.15) is 33.6 Å². The average Bonchev–Trinajstić information content (AvgIpc) is 2.94. The fourth-order valence-electron chi connectivity index (χ4n) is 5.15. The smallest absolute Gasteiger partial charge is 0.407 e. The molecule has 3 N–H and O–H groups in total. The van der Waals surface area contributed by atoms with Gasteiger partial charge in [0.25, 0.3) is 0 Å². The minimum Gasteiger partial charge on any atom is -0.494 e. The number of carbonyl (C=O) groups is 1. The second kappa shape index (κ2) is 12.7. The third-order valence-corrected chi connectivity index (χ3v) is 8.76. The van der Waals surface area contributed by atoms with Crippen LogP contribution in [0.4, 0.5) is 39.3 Å². The van der Waals surface area contributed by atoms with Crippen molar-refractivity contribution >= 4 is 62.2 Å². The maximum Gasteiger partial charge on any atom is 0.407 e. The van der Waals surface area contributed by atoms with E-state index in [1.807, 2.05) is 39.0 Å². The van der Waals surface area contributed by atoms with Gasteiger partial charge >= 0.3 is 6.09 Å². The van der Waals surface area contributed by atoms with E-state index in [1.165, 1.54) is 17.5 Å². The number of carboxylic acid groups (broad SMARTS) is 1. The highest BCUT2D eigenvalue weighted by Gasteiger charge is 2.35. The zero-order valence-corrected chi connectivity index (χ0v) is 26.7. The summed E-state index contributed by atoms with van der Waals surface area (Å²) in [6, 6.07) is 12.7. The van der Waals surface area contributed by atoms with Crippen molar-refractivity contribution in [2.75, 3.05) is 53.3 Å². The summed E-state index contributed by atoms with van der Waals surface area (Å²) < 4.78 is 31.1. The van der Waals surface area contributed by atoms with Gasteiger partial charge in [-0.05, 0) is 57.9 Å². The molecule has 0 spiro atoms. The number of aromatic nitrogens is 2. The normalized spacial score (nSPS) is 14.3. The molecular formula is C29H38ClN7O5S. The van der Waals surface area contributed by atoms with Crippen LogP contribution in [0.25, 0.3) is 0 Å². The Bertz CT molecular complexity index is 1570. The second-order valence-electron chi connectivity index (χ2n) is 11.3. The Morgan fingerprint density at radius 3 is 2.40 bits per heavy atom. The van der Waals surface area contributed by atoms with Gasteiger partial charge in [0.05, 0.1) is 36.6 Å². The van der Waals surface area contributed by atoms with E-state index in [0.29, 0.717) is 35.9 Å². The van der Waals surface area contributed by atoms with Gasteiger partial charge in [-0.1, -0.05) is 23.7 Å². The molecule has 2 heterocycles. The summed E-state index contributed by atoms with van der Waals surface area (Å²) in [6.07, 6.45) is 3.14. The maximum atomic E-state index is 12.1. The summed E-state index contributed by atoms with van der Waals surface area (Å²) in [4.78, 5) is 24.5. The second-order valence-corrected chi connectivity index (χ2v) is 13.7. The first kappa shape index (κ1) is 32.0. The van der Waals surface area contributed by atoms with Gasteiger partial charge in [0.2, 0.25) is 16.0 Å². The molecule has 1 amide bonds.